The van der Waals surface area contributed by atoms with Gasteiger partial charge in [-0.3, -0.25) is 0 Å². The summed E-state index contributed by atoms with van der Waals surface area (Å²) < 4.78 is 9.64. The number of thiophene rings is 1. The highest BCUT2D eigenvalue weighted by Gasteiger charge is 2.12. The van der Waals surface area contributed by atoms with E-state index in [0.29, 0.717) is 17.7 Å². The Labute approximate surface area is 121 Å². The topological polar surface area (TPSA) is 52.6 Å². The molecule has 0 radical (unpaired) electrons. The third-order valence-corrected chi connectivity index (χ3v) is 3.66. The number of hydrogen-bond acceptors (Lipinski definition) is 5. The minimum atomic E-state index is -0.381. The van der Waals surface area contributed by atoms with Crippen LogP contribution < -0.4 is 0 Å². The van der Waals surface area contributed by atoms with E-state index in [1.165, 1.54) is 18.4 Å². The van der Waals surface area contributed by atoms with E-state index in [1.54, 1.807) is 36.6 Å². The van der Waals surface area contributed by atoms with Crippen molar-refractivity contribution >= 4 is 23.3 Å². The van der Waals surface area contributed by atoms with Crippen LogP contribution in [0.25, 0.3) is 10.4 Å². The molecule has 0 amide bonds. The molecule has 0 N–H and O–H groups in total. The largest absolute Gasteiger partial charge is 0.465 e. The van der Waals surface area contributed by atoms with Crippen LogP contribution in [0.15, 0.2) is 35.7 Å². The predicted octanol–water partition coefficient (Wildman–Crippen LogP) is 3.38. The number of methoxy groups -OCH3 is 1. The first-order chi connectivity index (χ1) is 9.65. The van der Waals surface area contributed by atoms with E-state index in [-0.39, 0.29) is 11.9 Å². The monoisotopic (exact) mass is 290 g/mol. The first-order valence-electron chi connectivity index (χ1n) is 6.10. The van der Waals surface area contributed by atoms with Crippen LogP contribution in [0.1, 0.15) is 27.6 Å². The zero-order chi connectivity index (χ0) is 14.5. The third-order valence-electron chi connectivity index (χ3n) is 2.68. The number of hydrogen-bond donors (Lipinski definition) is 0. The molecule has 0 fully saturated rings. The van der Waals surface area contributed by atoms with Gasteiger partial charge in [0.1, 0.15) is 0 Å². The van der Waals surface area contributed by atoms with Gasteiger partial charge in [0.05, 0.1) is 24.8 Å². The van der Waals surface area contributed by atoms with E-state index in [2.05, 4.69) is 0 Å². The summed E-state index contributed by atoms with van der Waals surface area (Å²) in [6.45, 7) is 2.12. The average Bonchev–Trinajstić information content (AvgIpc) is 2.97. The minimum Gasteiger partial charge on any atom is -0.465 e. The lowest BCUT2D eigenvalue weighted by molar-refractivity contribution is 0.0526. The second kappa shape index (κ2) is 6.34. The van der Waals surface area contributed by atoms with Crippen molar-refractivity contribution in [2.75, 3.05) is 13.7 Å². The number of rotatable bonds is 4. The maximum atomic E-state index is 11.6. The number of ether oxygens (including phenoxy) is 2. The Hall–Kier alpha value is -2.14. The van der Waals surface area contributed by atoms with Gasteiger partial charge in [0.2, 0.25) is 0 Å². The molecule has 0 aliphatic rings. The standard InChI is InChI=1S/C15H14O4S/c1-3-19-15(17)12-8-13(20-9-12)10-5-4-6-11(7-10)14(16)18-2/h4-9H,3H2,1-2H3. The average molecular weight is 290 g/mol. The molecule has 0 saturated heterocycles. The Morgan fingerprint density at radius 1 is 1.15 bits per heavy atom. The highest BCUT2D eigenvalue weighted by molar-refractivity contribution is 7.13. The van der Waals surface area contributed by atoms with E-state index in [1.807, 2.05) is 6.07 Å². The van der Waals surface area contributed by atoms with Gasteiger partial charge >= 0.3 is 11.9 Å². The molecule has 1 aromatic carbocycles. The van der Waals surface area contributed by atoms with Gasteiger partial charge in [0, 0.05) is 10.3 Å². The highest BCUT2D eigenvalue weighted by atomic mass is 32.1. The van der Waals surface area contributed by atoms with Gasteiger partial charge < -0.3 is 9.47 Å². The van der Waals surface area contributed by atoms with Gasteiger partial charge in [-0.05, 0) is 30.7 Å². The first-order valence-corrected chi connectivity index (χ1v) is 6.98. The molecular weight excluding hydrogens is 276 g/mol. The maximum absolute atomic E-state index is 11.6. The minimum absolute atomic E-state index is 0.334. The van der Waals surface area contributed by atoms with E-state index in [4.69, 9.17) is 9.47 Å². The van der Waals surface area contributed by atoms with Gasteiger partial charge in [-0.25, -0.2) is 9.59 Å². The van der Waals surface area contributed by atoms with Gasteiger partial charge in [-0.1, -0.05) is 12.1 Å². The molecule has 0 saturated carbocycles. The number of carbonyl (C=O) groups excluding carboxylic acids is 2. The molecule has 2 rings (SSSR count). The fraction of sp³-hybridized carbons (Fsp3) is 0.200. The van der Waals surface area contributed by atoms with Gasteiger partial charge in [-0.15, -0.1) is 11.3 Å². The van der Waals surface area contributed by atoms with E-state index < -0.39 is 0 Å². The van der Waals surface area contributed by atoms with Crippen LogP contribution in [0.3, 0.4) is 0 Å². The van der Waals surface area contributed by atoms with Crippen molar-refractivity contribution < 1.29 is 19.1 Å². The van der Waals surface area contributed by atoms with Crippen molar-refractivity contribution in [3.05, 3.63) is 46.8 Å². The molecule has 1 heterocycles. The molecule has 20 heavy (non-hydrogen) atoms. The lowest BCUT2D eigenvalue weighted by Gasteiger charge is -2.02. The summed E-state index contributed by atoms with van der Waals surface area (Å²) in [6.07, 6.45) is 0. The molecule has 2 aromatic rings. The van der Waals surface area contributed by atoms with Crippen LogP contribution in [-0.2, 0) is 9.47 Å². The fourth-order valence-corrected chi connectivity index (χ4v) is 2.60. The molecule has 0 bridgehead atoms. The molecule has 0 spiro atoms. The van der Waals surface area contributed by atoms with Crippen LogP contribution in [0.4, 0.5) is 0 Å². The van der Waals surface area contributed by atoms with Crippen molar-refractivity contribution in [2.24, 2.45) is 0 Å². The zero-order valence-corrected chi connectivity index (χ0v) is 12.0. The summed E-state index contributed by atoms with van der Waals surface area (Å²) in [5.74, 6) is -0.715. The Morgan fingerprint density at radius 3 is 2.65 bits per heavy atom. The quantitative estimate of drug-likeness (QED) is 0.810. The fourth-order valence-electron chi connectivity index (χ4n) is 1.73. The third kappa shape index (κ3) is 3.05. The number of carbonyl (C=O) groups is 2. The molecule has 5 heteroatoms. The van der Waals surface area contributed by atoms with Crippen molar-refractivity contribution in [3.63, 3.8) is 0 Å². The second-order valence-corrected chi connectivity index (χ2v) is 4.90. The molecule has 0 atom stereocenters. The molecule has 104 valence electrons. The summed E-state index contributed by atoms with van der Waals surface area (Å²) in [5.41, 5.74) is 1.87. The second-order valence-electron chi connectivity index (χ2n) is 3.99. The number of benzene rings is 1. The molecule has 1 aromatic heterocycles. The summed E-state index contributed by atoms with van der Waals surface area (Å²) in [7, 11) is 1.35. The normalized spacial score (nSPS) is 10.1. The van der Waals surface area contributed by atoms with E-state index in [0.717, 1.165) is 10.4 Å². The lowest BCUT2D eigenvalue weighted by atomic mass is 10.1. The highest BCUT2D eigenvalue weighted by Crippen LogP contribution is 2.28. The van der Waals surface area contributed by atoms with Gasteiger partial charge in [0.15, 0.2) is 0 Å². The Balaban J connectivity index is 2.28. The molecule has 0 unspecified atom stereocenters. The van der Waals surface area contributed by atoms with E-state index >= 15 is 0 Å². The van der Waals surface area contributed by atoms with Crippen LogP contribution in [0.5, 0.6) is 0 Å². The molecule has 4 nitrogen and oxygen atoms in total. The molecular formula is C15H14O4S. The molecule has 0 aliphatic carbocycles. The van der Waals surface area contributed by atoms with Crippen LogP contribution >= 0.6 is 11.3 Å². The SMILES string of the molecule is CCOC(=O)c1csc(-c2cccc(C(=O)OC)c2)c1. The van der Waals surface area contributed by atoms with Gasteiger partial charge in [-0.2, -0.15) is 0 Å². The first kappa shape index (κ1) is 14.3. The van der Waals surface area contributed by atoms with E-state index in [9.17, 15) is 9.59 Å². The Bertz CT molecular complexity index is 630. The predicted molar refractivity (Wildman–Crippen MR) is 77.1 cm³/mol. The maximum Gasteiger partial charge on any atom is 0.338 e. The Kier molecular flexibility index (Phi) is 4.53. The Morgan fingerprint density at radius 2 is 1.95 bits per heavy atom. The van der Waals surface area contributed by atoms with Crippen molar-refractivity contribution in [3.8, 4) is 10.4 Å². The van der Waals surface area contributed by atoms with Crippen molar-refractivity contribution in [1.29, 1.82) is 0 Å². The number of esters is 2. The lowest BCUT2D eigenvalue weighted by Crippen LogP contribution is -2.02. The molecule has 0 aliphatic heterocycles. The summed E-state index contributed by atoms with van der Waals surface area (Å²) >= 11 is 1.43. The van der Waals surface area contributed by atoms with Crippen molar-refractivity contribution in [2.45, 2.75) is 6.92 Å². The van der Waals surface area contributed by atoms with Crippen molar-refractivity contribution in [1.82, 2.24) is 0 Å². The van der Waals surface area contributed by atoms with Crippen LogP contribution in [-0.4, -0.2) is 25.7 Å². The van der Waals surface area contributed by atoms with Gasteiger partial charge in [0.25, 0.3) is 0 Å². The van der Waals surface area contributed by atoms with Crippen LogP contribution in [0.2, 0.25) is 0 Å². The summed E-state index contributed by atoms with van der Waals surface area (Å²) in [6, 6.07) is 8.86. The summed E-state index contributed by atoms with van der Waals surface area (Å²) in [4.78, 5) is 24.0. The zero-order valence-electron chi connectivity index (χ0n) is 11.2. The summed E-state index contributed by atoms with van der Waals surface area (Å²) in [5, 5.41) is 1.75. The smallest absolute Gasteiger partial charge is 0.338 e. The van der Waals surface area contributed by atoms with Crippen LogP contribution in [0, 0.1) is 0 Å².